The van der Waals surface area contributed by atoms with Gasteiger partial charge in [-0.25, -0.2) is 0 Å². The summed E-state index contributed by atoms with van der Waals surface area (Å²) >= 11 is 3.58. The Morgan fingerprint density at radius 1 is 0.571 bits per heavy atom. The topological polar surface area (TPSA) is 0 Å². The Bertz CT molecular complexity index is 1500. The molecule has 0 amide bonds. The van der Waals surface area contributed by atoms with Gasteiger partial charge in [-0.15, -0.1) is 22.7 Å². The Balaban J connectivity index is 1.49. The van der Waals surface area contributed by atoms with Crippen LogP contribution in [0, 0.1) is 47.4 Å². The monoisotopic (exact) mass is 588 g/mol. The largest absolute Gasteiger partial charge is 0.132 e. The molecule has 2 aromatic heterocycles. The average molecular weight is 589 g/mol. The molecule has 0 aliphatic rings. The summed E-state index contributed by atoms with van der Waals surface area (Å²) in [5.41, 5.74) is 2.77. The van der Waals surface area contributed by atoms with Gasteiger partial charge in [0.25, 0.3) is 0 Å². The van der Waals surface area contributed by atoms with Crippen molar-refractivity contribution < 1.29 is 0 Å². The number of rotatable bonds is 15. The van der Waals surface area contributed by atoms with Gasteiger partial charge >= 0.3 is 0 Å². The quantitative estimate of drug-likeness (QED) is 0.122. The van der Waals surface area contributed by atoms with E-state index in [0.717, 1.165) is 39.3 Å². The zero-order valence-corrected chi connectivity index (χ0v) is 27.2. The Hall–Kier alpha value is -3.40. The van der Waals surface area contributed by atoms with Crippen molar-refractivity contribution >= 4 is 28.7 Å². The molecule has 0 atom stereocenters. The molecule has 2 heteroatoms. The summed E-state index contributed by atoms with van der Waals surface area (Å²) in [5.74, 6) is 24.8. The van der Waals surface area contributed by atoms with E-state index in [9.17, 15) is 0 Å². The van der Waals surface area contributed by atoms with Crippen LogP contribution in [0.2, 0.25) is 0 Å². The van der Waals surface area contributed by atoms with Crippen molar-refractivity contribution in [2.45, 2.75) is 104 Å². The van der Waals surface area contributed by atoms with Gasteiger partial charge in [0.2, 0.25) is 0 Å². The maximum Gasteiger partial charge on any atom is 0.0781 e. The van der Waals surface area contributed by atoms with Crippen molar-refractivity contribution in [3.63, 3.8) is 0 Å². The third kappa shape index (κ3) is 13.1. The lowest BCUT2D eigenvalue weighted by Crippen LogP contribution is -1.84. The fourth-order valence-corrected chi connectivity index (χ4v) is 6.44. The van der Waals surface area contributed by atoms with Crippen molar-refractivity contribution in [2.75, 3.05) is 0 Å². The number of benzene rings is 1. The van der Waals surface area contributed by atoms with Gasteiger partial charge in [0.1, 0.15) is 0 Å². The highest BCUT2D eigenvalue weighted by atomic mass is 32.1. The minimum absolute atomic E-state index is 0.905. The van der Waals surface area contributed by atoms with Crippen molar-refractivity contribution in [3.05, 3.63) is 85.2 Å². The van der Waals surface area contributed by atoms with E-state index in [-0.39, 0.29) is 0 Å². The average Bonchev–Trinajstić information content (AvgIpc) is 3.66. The highest BCUT2D eigenvalue weighted by Crippen LogP contribution is 2.20. The van der Waals surface area contributed by atoms with Crippen LogP contribution < -0.4 is 0 Å². The van der Waals surface area contributed by atoms with Gasteiger partial charge in [-0.3, -0.25) is 0 Å². The summed E-state index contributed by atoms with van der Waals surface area (Å²) in [5, 5.41) is 0. The van der Waals surface area contributed by atoms with E-state index in [1.165, 1.54) is 86.8 Å². The predicted octanol–water partition coefficient (Wildman–Crippen LogP) is 11.1. The normalized spacial score (nSPS) is 9.86. The molecule has 0 saturated heterocycles. The van der Waals surface area contributed by atoms with Gasteiger partial charge in [-0.1, -0.05) is 103 Å². The van der Waals surface area contributed by atoms with E-state index < -0.39 is 0 Å². The molecule has 0 saturated carbocycles. The lowest BCUT2D eigenvalue weighted by Gasteiger charge is -1.99. The van der Waals surface area contributed by atoms with E-state index in [1.54, 1.807) is 22.7 Å². The Morgan fingerprint density at radius 2 is 1.07 bits per heavy atom. The molecule has 3 rings (SSSR count). The number of hydrogen-bond donors (Lipinski definition) is 0. The molecule has 0 aliphatic heterocycles. The second kappa shape index (κ2) is 20.5. The van der Waals surface area contributed by atoms with Gasteiger partial charge in [0.15, 0.2) is 0 Å². The van der Waals surface area contributed by atoms with Gasteiger partial charge in [-0.05, 0) is 109 Å². The zero-order chi connectivity index (χ0) is 29.7. The minimum atomic E-state index is 0.905. The molecule has 0 fully saturated rings. The van der Waals surface area contributed by atoms with E-state index in [1.807, 2.05) is 24.3 Å². The molecule has 0 nitrogen and oxygen atoms in total. The third-order valence-electron chi connectivity index (χ3n) is 7.05. The van der Waals surface area contributed by atoms with Crippen LogP contribution >= 0.6 is 22.7 Å². The lowest BCUT2D eigenvalue weighted by molar-refractivity contribution is 0.609. The highest BCUT2D eigenvalue weighted by Gasteiger charge is 2.00. The van der Waals surface area contributed by atoms with Gasteiger partial charge in [0.05, 0.1) is 9.75 Å². The second-order valence-corrected chi connectivity index (χ2v) is 12.9. The van der Waals surface area contributed by atoms with Crippen LogP contribution in [0.5, 0.6) is 0 Å². The SMILES string of the molecule is C=Cc1cc(C#CC#Cc2ccc(CCCCCCCC)s2)ccc1C#CC#Cc1ccc(CCCCCCCC)s1. The molecule has 0 unspecified atom stereocenters. The molecule has 1 aromatic carbocycles. The van der Waals surface area contributed by atoms with Crippen molar-refractivity contribution in [3.8, 4) is 47.4 Å². The lowest BCUT2D eigenvalue weighted by atomic mass is 10.0. The van der Waals surface area contributed by atoms with Crippen LogP contribution in [-0.4, -0.2) is 0 Å². The molecule has 216 valence electrons. The first-order valence-corrected chi connectivity index (χ1v) is 17.3. The molecule has 2 heterocycles. The van der Waals surface area contributed by atoms with Crippen LogP contribution in [0.4, 0.5) is 0 Å². The molecule has 0 bridgehead atoms. The minimum Gasteiger partial charge on any atom is -0.132 e. The fourth-order valence-electron chi connectivity index (χ4n) is 4.63. The fraction of sp³-hybridized carbons (Fsp3) is 0.400. The summed E-state index contributed by atoms with van der Waals surface area (Å²) in [6, 6.07) is 14.6. The molecular formula is C40H44S2. The molecule has 3 aromatic rings. The van der Waals surface area contributed by atoms with E-state index in [2.05, 4.69) is 92.1 Å². The number of aryl methyl sites for hydroxylation is 2. The van der Waals surface area contributed by atoms with Crippen LogP contribution in [0.25, 0.3) is 6.08 Å². The Kier molecular flexibility index (Phi) is 16.1. The summed E-state index contributed by atoms with van der Waals surface area (Å²) < 4.78 is 0. The Labute approximate surface area is 264 Å². The summed E-state index contributed by atoms with van der Waals surface area (Å²) in [7, 11) is 0. The maximum absolute atomic E-state index is 3.96. The van der Waals surface area contributed by atoms with Crippen molar-refractivity contribution in [1.82, 2.24) is 0 Å². The van der Waals surface area contributed by atoms with Crippen molar-refractivity contribution in [2.24, 2.45) is 0 Å². The first-order chi connectivity index (χ1) is 20.7. The summed E-state index contributed by atoms with van der Waals surface area (Å²) in [6.45, 7) is 8.48. The number of thiophene rings is 2. The molecule has 0 N–H and O–H groups in total. The summed E-state index contributed by atoms with van der Waals surface area (Å²) in [4.78, 5) is 5.00. The number of unbranched alkanes of at least 4 members (excludes halogenated alkanes) is 10. The molecule has 0 radical (unpaired) electrons. The second-order valence-electron chi connectivity index (χ2n) is 10.6. The third-order valence-corrected chi connectivity index (χ3v) is 9.17. The van der Waals surface area contributed by atoms with Gasteiger partial charge in [0, 0.05) is 20.9 Å². The van der Waals surface area contributed by atoms with Crippen LogP contribution in [0.1, 0.15) is 127 Å². The van der Waals surface area contributed by atoms with Crippen LogP contribution in [0.15, 0.2) is 49.0 Å². The maximum atomic E-state index is 3.96. The predicted molar refractivity (Wildman–Crippen MR) is 187 cm³/mol. The molecule has 0 spiro atoms. The number of hydrogen-bond acceptors (Lipinski definition) is 2. The smallest absolute Gasteiger partial charge is 0.0781 e. The van der Waals surface area contributed by atoms with E-state index >= 15 is 0 Å². The van der Waals surface area contributed by atoms with E-state index in [0.29, 0.717) is 0 Å². The zero-order valence-electron chi connectivity index (χ0n) is 25.5. The van der Waals surface area contributed by atoms with Crippen LogP contribution in [-0.2, 0) is 12.8 Å². The highest BCUT2D eigenvalue weighted by molar-refractivity contribution is 7.12. The van der Waals surface area contributed by atoms with Crippen LogP contribution in [0.3, 0.4) is 0 Å². The summed E-state index contributed by atoms with van der Waals surface area (Å²) in [6.07, 6.45) is 20.1. The molecule has 42 heavy (non-hydrogen) atoms. The standard InChI is InChI=1S/C40H44S2/c1-4-7-9-11-13-15-23-37-29-31-39(41-37)25-19-17-21-34-27-28-36(35(6-3)33-34)22-18-20-26-40-32-30-38(42-40)24-16-14-12-10-8-5-2/h6,27-33H,3-5,7-16,23-24H2,1-2H3. The molecule has 0 aliphatic carbocycles. The first-order valence-electron chi connectivity index (χ1n) is 15.7. The Morgan fingerprint density at radius 3 is 1.62 bits per heavy atom. The molecular weight excluding hydrogens is 545 g/mol. The van der Waals surface area contributed by atoms with Gasteiger partial charge < -0.3 is 0 Å². The van der Waals surface area contributed by atoms with Crippen molar-refractivity contribution in [1.29, 1.82) is 0 Å². The van der Waals surface area contributed by atoms with Gasteiger partial charge in [-0.2, -0.15) is 0 Å². The van der Waals surface area contributed by atoms with E-state index in [4.69, 9.17) is 0 Å². The first kappa shape index (κ1) is 33.1.